The molecule has 98 valence electrons. The van der Waals surface area contributed by atoms with Crippen molar-refractivity contribution in [2.45, 2.75) is 16.8 Å². The molecule has 0 amide bonds. The number of nitrogens with zero attached hydrogens (tertiary/aromatic N) is 1. The Kier molecular flexibility index (Phi) is 4.21. The minimum atomic E-state index is -1.09. The summed E-state index contributed by atoms with van der Waals surface area (Å²) in [4.78, 5) is 15.3. The molecule has 1 N–H and O–H groups in total. The van der Waals surface area contributed by atoms with Crippen LogP contribution in [0.15, 0.2) is 44.9 Å². The summed E-state index contributed by atoms with van der Waals surface area (Å²) < 4.78 is 14.5. The minimum Gasteiger partial charge on any atom is -0.478 e. The third-order valence-corrected chi connectivity index (χ3v) is 4.73. The third-order valence-electron chi connectivity index (χ3n) is 2.44. The van der Waals surface area contributed by atoms with Crippen molar-refractivity contribution < 1.29 is 14.3 Å². The molecule has 2 rings (SSSR count). The van der Waals surface area contributed by atoms with Crippen molar-refractivity contribution in [2.24, 2.45) is 0 Å². The second-order valence-corrected chi connectivity index (χ2v) is 5.62. The van der Waals surface area contributed by atoms with Crippen LogP contribution in [-0.2, 0) is 0 Å². The SMILES string of the molecule is Cc1ccnc(Sc2cc(C(=O)O)ccc2F)c1Br. The number of benzene rings is 1. The molecule has 0 saturated heterocycles. The molecule has 1 aromatic carbocycles. The van der Waals surface area contributed by atoms with Crippen LogP contribution >= 0.6 is 27.7 Å². The number of halogens is 2. The van der Waals surface area contributed by atoms with Gasteiger partial charge in [0.2, 0.25) is 0 Å². The second kappa shape index (κ2) is 5.71. The van der Waals surface area contributed by atoms with E-state index < -0.39 is 11.8 Å². The summed E-state index contributed by atoms with van der Waals surface area (Å²) in [6.45, 7) is 1.90. The largest absolute Gasteiger partial charge is 0.478 e. The van der Waals surface area contributed by atoms with Crippen molar-refractivity contribution in [3.8, 4) is 0 Å². The first-order chi connectivity index (χ1) is 8.99. The zero-order valence-electron chi connectivity index (χ0n) is 9.85. The fourth-order valence-electron chi connectivity index (χ4n) is 1.41. The van der Waals surface area contributed by atoms with Crippen molar-refractivity contribution in [1.82, 2.24) is 4.98 Å². The summed E-state index contributed by atoms with van der Waals surface area (Å²) in [5, 5.41) is 9.51. The number of carboxylic acid groups (broad SMARTS) is 1. The predicted octanol–water partition coefficient (Wildman–Crippen LogP) is 4.14. The average molecular weight is 342 g/mol. The second-order valence-electron chi connectivity index (χ2n) is 3.80. The summed E-state index contributed by atoms with van der Waals surface area (Å²) in [6.07, 6.45) is 1.63. The lowest BCUT2D eigenvalue weighted by molar-refractivity contribution is 0.0696. The van der Waals surface area contributed by atoms with Crippen LogP contribution in [0.4, 0.5) is 4.39 Å². The van der Waals surface area contributed by atoms with Gasteiger partial charge in [-0.25, -0.2) is 14.2 Å². The van der Waals surface area contributed by atoms with Crippen LogP contribution in [0.2, 0.25) is 0 Å². The van der Waals surface area contributed by atoms with Gasteiger partial charge in [0, 0.05) is 6.20 Å². The topological polar surface area (TPSA) is 50.2 Å². The molecule has 0 atom stereocenters. The van der Waals surface area contributed by atoms with Crippen LogP contribution in [-0.4, -0.2) is 16.1 Å². The van der Waals surface area contributed by atoms with Gasteiger partial charge in [0.1, 0.15) is 10.8 Å². The number of rotatable bonds is 3. The van der Waals surface area contributed by atoms with E-state index in [9.17, 15) is 9.18 Å². The van der Waals surface area contributed by atoms with Crippen LogP contribution < -0.4 is 0 Å². The van der Waals surface area contributed by atoms with Crippen molar-refractivity contribution in [1.29, 1.82) is 0 Å². The average Bonchev–Trinajstić information content (AvgIpc) is 2.37. The number of hydrogen-bond donors (Lipinski definition) is 1. The van der Waals surface area contributed by atoms with E-state index in [-0.39, 0.29) is 10.5 Å². The maximum Gasteiger partial charge on any atom is 0.335 e. The first kappa shape index (κ1) is 14.0. The molecule has 3 nitrogen and oxygen atoms in total. The molecule has 1 heterocycles. The van der Waals surface area contributed by atoms with Crippen LogP contribution in [0, 0.1) is 12.7 Å². The molecule has 0 aliphatic rings. The standard InChI is InChI=1S/C13H9BrFNO2S/c1-7-4-5-16-12(11(7)14)19-10-6-8(13(17)18)2-3-9(10)15/h2-6H,1H3,(H,17,18). The van der Waals surface area contributed by atoms with Crippen LogP contribution in [0.5, 0.6) is 0 Å². The molecule has 0 bridgehead atoms. The molecular weight excluding hydrogens is 333 g/mol. The fourth-order valence-corrected chi connectivity index (χ4v) is 2.81. The Hall–Kier alpha value is -1.40. The number of pyridine rings is 1. The van der Waals surface area contributed by atoms with E-state index >= 15 is 0 Å². The van der Waals surface area contributed by atoms with Gasteiger partial charge in [0.25, 0.3) is 0 Å². The van der Waals surface area contributed by atoms with Gasteiger partial charge in [-0.3, -0.25) is 0 Å². The van der Waals surface area contributed by atoms with Crippen LogP contribution in [0.3, 0.4) is 0 Å². The number of carbonyl (C=O) groups is 1. The number of hydrogen-bond acceptors (Lipinski definition) is 3. The highest BCUT2D eigenvalue weighted by molar-refractivity contribution is 9.10. The van der Waals surface area contributed by atoms with E-state index in [0.717, 1.165) is 27.9 Å². The molecule has 2 aromatic rings. The van der Waals surface area contributed by atoms with Crippen LogP contribution in [0.25, 0.3) is 0 Å². The van der Waals surface area contributed by atoms with E-state index in [1.165, 1.54) is 12.1 Å². The van der Waals surface area contributed by atoms with E-state index in [2.05, 4.69) is 20.9 Å². The quantitative estimate of drug-likeness (QED) is 0.911. The van der Waals surface area contributed by atoms with Gasteiger partial charge < -0.3 is 5.11 Å². The lowest BCUT2D eigenvalue weighted by atomic mass is 10.2. The molecule has 0 fully saturated rings. The Labute approximate surface area is 122 Å². The molecule has 6 heteroatoms. The molecular formula is C13H9BrFNO2S. The zero-order valence-corrected chi connectivity index (χ0v) is 12.3. The molecule has 0 aliphatic heterocycles. The van der Waals surface area contributed by atoms with Crippen molar-refractivity contribution in [3.63, 3.8) is 0 Å². The van der Waals surface area contributed by atoms with Gasteiger partial charge in [-0.1, -0.05) is 11.8 Å². The number of aryl methyl sites for hydroxylation is 1. The summed E-state index contributed by atoms with van der Waals surface area (Å²) in [7, 11) is 0. The summed E-state index contributed by atoms with van der Waals surface area (Å²) in [5.74, 6) is -1.55. The van der Waals surface area contributed by atoms with Gasteiger partial charge >= 0.3 is 5.97 Å². The molecule has 0 aliphatic carbocycles. The fraction of sp³-hybridized carbons (Fsp3) is 0.0769. The van der Waals surface area contributed by atoms with E-state index in [1.807, 2.05) is 13.0 Å². The molecule has 1 aromatic heterocycles. The monoisotopic (exact) mass is 341 g/mol. The first-order valence-electron chi connectivity index (χ1n) is 5.31. The van der Waals surface area contributed by atoms with E-state index in [4.69, 9.17) is 5.11 Å². The first-order valence-corrected chi connectivity index (χ1v) is 6.92. The van der Waals surface area contributed by atoms with Crippen molar-refractivity contribution >= 4 is 33.7 Å². The Morgan fingerprint density at radius 2 is 2.16 bits per heavy atom. The van der Waals surface area contributed by atoms with E-state index in [0.29, 0.717) is 5.03 Å². The van der Waals surface area contributed by atoms with Gasteiger partial charge in [0.05, 0.1) is 14.9 Å². The van der Waals surface area contributed by atoms with Gasteiger partial charge in [0.15, 0.2) is 0 Å². The third kappa shape index (κ3) is 3.13. The minimum absolute atomic E-state index is 0.0488. The molecule has 0 radical (unpaired) electrons. The highest BCUT2D eigenvalue weighted by Crippen LogP contribution is 2.35. The number of aromatic carboxylic acids is 1. The molecule has 0 unspecified atom stereocenters. The Bertz CT molecular complexity index is 649. The maximum absolute atomic E-state index is 13.7. The lowest BCUT2D eigenvalue weighted by Crippen LogP contribution is -1.97. The zero-order chi connectivity index (χ0) is 14.0. The van der Waals surface area contributed by atoms with Gasteiger partial charge in [-0.15, -0.1) is 0 Å². The predicted molar refractivity (Wildman–Crippen MR) is 74.2 cm³/mol. The molecule has 0 spiro atoms. The molecule has 19 heavy (non-hydrogen) atoms. The Morgan fingerprint density at radius 3 is 2.84 bits per heavy atom. The highest BCUT2D eigenvalue weighted by Gasteiger charge is 2.12. The summed E-state index contributed by atoms with van der Waals surface area (Å²) in [6, 6.07) is 5.52. The summed E-state index contributed by atoms with van der Waals surface area (Å²) in [5.41, 5.74) is 1.03. The van der Waals surface area contributed by atoms with Gasteiger partial charge in [-0.05, 0) is 52.7 Å². The Morgan fingerprint density at radius 1 is 1.42 bits per heavy atom. The summed E-state index contributed by atoms with van der Waals surface area (Å²) >= 11 is 4.48. The smallest absolute Gasteiger partial charge is 0.335 e. The van der Waals surface area contributed by atoms with E-state index in [1.54, 1.807) is 6.20 Å². The Balaban J connectivity index is 2.40. The normalized spacial score (nSPS) is 10.5. The van der Waals surface area contributed by atoms with Crippen molar-refractivity contribution in [3.05, 3.63) is 51.9 Å². The molecule has 0 saturated carbocycles. The highest BCUT2D eigenvalue weighted by atomic mass is 79.9. The number of aromatic nitrogens is 1. The maximum atomic E-state index is 13.7. The lowest BCUT2D eigenvalue weighted by Gasteiger charge is -2.07. The van der Waals surface area contributed by atoms with Crippen molar-refractivity contribution in [2.75, 3.05) is 0 Å². The number of carboxylic acids is 1. The van der Waals surface area contributed by atoms with Crippen LogP contribution in [0.1, 0.15) is 15.9 Å². The van der Waals surface area contributed by atoms with Gasteiger partial charge in [-0.2, -0.15) is 0 Å².